The number of rotatable bonds is 7. The quantitative estimate of drug-likeness (QED) is 0.611. The summed E-state index contributed by atoms with van der Waals surface area (Å²) in [6.07, 6.45) is 0.466. The largest absolute Gasteiger partial charge is 0.394 e. The first-order valence-corrected chi connectivity index (χ1v) is 11.3. The van der Waals surface area contributed by atoms with E-state index in [1.165, 1.54) is 0 Å². The average Bonchev–Trinajstić information content (AvgIpc) is 3.10. The molecule has 2 aliphatic rings. The number of nitrogens with zero attached hydrogens (tertiary/aromatic N) is 1. The normalized spacial score (nSPS) is 23.7. The van der Waals surface area contributed by atoms with Crippen LogP contribution in [0.15, 0.2) is 24.3 Å². The molecule has 164 valence electrons. The molecule has 0 aliphatic carbocycles. The molecule has 1 fully saturated rings. The summed E-state index contributed by atoms with van der Waals surface area (Å²) in [7, 11) is 0. The Kier molecular flexibility index (Phi) is 6.48. The lowest BCUT2D eigenvalue weighted by Gasteiger charge is -2.31. The molecule has 1 saturated heterocycles. The second-order valence-electron chi connectivity index (χ2n) is 9.06. The maximum absolute atomic E-state index is 13.4. The Morgan fingerprint density at radius 2 is 1.87 bits per heavy atom. The highest BCUT2D eigenvalue weighted by molar-refractivity contribution is 8.01. The van der Waals surface area contributed by atoms with Gasteiger partial charge in [-0.2, -0.15) is 0 Å². The Morgan fingerprint density at radius 1 is 1.20 bits per heavy atom. The van der Waals surface area contributed by atoms with Crippen LogP contribution in [0.2, 0.25) is 0 Å². The summed E-state index contributed by atoms with van der Waals surface area (Å²) in [5, 5.41) is 14.7. The minimum atomic E-state index is -0.730. The lowest BCUT2D eigenvalue weighted by molar-refractivity contribution is -0.132. The Bertz CT molecular complexity index is 841. The van der Waals surface area contributed by atoms with E-state index in [9.17, 15) is 19.5 Å². The van der Waals surface area contributed by atoms with Crippen LogP contribution < -0.4 is 10.6 Å². The van der Waals surface area contributed by atoms with Crippen LogP contribution in [0.3, 0.4) is 0 Å². The molecule has 2 heterocycles. The van der Waals surface area contributed by atoms with E-state index in [1.54, 1.807) is 29.7 Å². The zero-order chi connectivity index (χ0) is 22.2. The number of amides is 3. The molecule has 4 unspecified atom stereocenters. The van der Waals surface area contributed by atoms with Crippen molar-refractivity contribution in [1.29, 1.82) is 0 Å². The van der Waals surface area contributed by atoms with Crippen LogP contribution in [0.5, 0.6) is 0 Å². The number of carbonyl (C=O) groups is 3. The maximum Gasteiger partial charge on any atom is 0.256 e. The van der Waals surface area contributed by atoms with Gasteiger partial charge >= 0.3 is 0 Å². The summed E-state index contributed by atoms with van der Waals surface area (Å²) < 4.78 is -0.505. The highest BCUT2D eigenvalue weighted by Gasteiger charge is 2.57. The van der Waals surface area contributed by atoms with Crippen molar-refractivity contribution in [2.45, 2.75) is 69.3 Å². The van der Waals surface area contributed by atoms with Gasteiger partial charge in [0.1, 0.15) is 17.5 Å². The summed E-state index contributed by atoms with van der Waals surface area (Å²) in [4.78, 5) is 40.9. The van der Waals surface area contributed by atoms with Crippen LogP contribution in [-0.2, 0) is 9.59 Å². The highest BCUT2D eigenvalue weighted by atomic mass is 32.2. The van der Waals surface area contributed by atoms with Crippen LogP contribution in [0.4, 0.5) is 0 Å². The number of benzene rings is 1. The van der Waals surface area contributed by atoms with Crippen LogP contribution in [0, 0.1) is 5.92 Å². The monoisotopic (exact) mass is 433 g/mol. The highest BCUT2D eigenvalue weighted by Crippen LogP contribution is 2.56. The third-order valence-electron chi connectivity index (χ3n) is 5.55. The molecule has 0 bridgehead atoms. The van der Waals surface area contributed by atoms with Gasteiger partial charge in [-0.15, -0.1) is 11.8 Å². The SMILES string of the molecule is CC(C)CC(NC(=O)C1N2C(=O)c3ccccc3C2SC1(C)C)C(=O)NC(C)CO. The summed E-state index contributed by atoms with van der Waals surface area (Å²) in [5.74, 6) is -0.613. The molecule has 1 aromatic carbocycles. The summed E-state index contributed by atoms with van der Waals surface area (Å²) in [6, 6.07) is 5.64. The van der Waals surface area contributed by atoms with E-state index in [-0.39, 0.29) is 35.6 Å². The number of aliphatic hydroxyl groups excluding tert-OH is 1. The van der Waals surface area contributed by atoms with Gasteiger partial charge in [-0.25, -0.2) is 0 Å². The first kappa shape index (κ1) is 22.6. The van der Waals surface area contributed by atoms with Gasteiger partial charge in [0, 0.05) is 16.4 Å². The Labute approximate surface area is 182 Å². The molecule has 0 aromatic heterocycles. The second kappa shape index (κ2) is 8.59. The smallest absolute Gasteiger partial charge is 0.256 e. The fourth-order valence-corrected chi connectivity index (χ4v) is 5.74. The molecule has 3 amide bonds. The molecule has 30 heavy (non-hydrogen) atoms. The fourth-order valence-electron chi connectivity index (χ4n) is 4.15. The van der Waals surface area contributed by atoms with Gasteiger partial charge in [-0.05, 0) is 44.7 Å². The maximum atomic E-state index is 13.4. The second-order valence-corrected chi connectivity index (χ2v) is 10.8. The summed E-state index contributed by atoms with van der Waals surface area (Å²) in [6.45, 7) is 9.40. The fraction of sp³-hybridized carbons (Fsp3) is 0.591. The topological polar surface area (TPSA) is 98.7 Å². The van der Waals surface area contributed by atoms with Gasteiger partial charge in [0.2, 0.25) is 11.8 Å². The number of thioether (sulfide) groups is 1. The van der Waals surface area contributed by atoms with Crippen molar-refractivity contribution in [2.75, 3.05) is 6.61 Å². The molecule has 0 saturated carbocycles. The minimum absolute atomic E-state index is 0.146. The first-order chi connectivity index (χ1) is 14.1. The first-order valence-electron chi connectivity index (χ1n) is 10.4. The summed E-state index contributed by atoms with van der Waals surface area (Å²) in [5.41, 5.74) is 1.57. The third kappa shape index (κ3) is 4.21. The van der Waals surface area contributed by atoms with Crippen molar-refractivity contribution in [3.8, 4) is 0 Å². The van der Waals surface area contributed by atoms with Gasteiger partial charge in [-0.1, -0.05) is 32.0 Å². The molecule has 3 rings (SSSR count). The molecule has 4 atom stereocenters. The average molecular weight is 434 g/mol. The van der Waals surface area contributed by atoms with E-state index in [2.05, 4.69) is 10.6 Å². The van der Waals surface area contributed by atoms with Crippen LogP contribution in [0.25, 0.3) is 0 Å². The van der Waals surface area contributed by atoms with Crippen LogP contribution >= 0.6 is 11.8 Å². The van der Waals surface area contributed by atoms with Gasteiger partial charge in [-0.3, -0.25) is 14.4 Å². The lowest BCUT2D eigenvalue weighted by atomic mass is 9.98. The summed E-state index contributed by atoms with van der Waals surface area (Å²) >= 11 is 1.60. The van der Waals surface area contributed by atoms with Crippen molar-refractivity contribution >= 4 is 29.5 Å². The van der Waals surface area contributed by atoms with E-state index >= 15 is 0 Å². The van der Waals surface area contributed by atoms with E-state index < -0.39 is 22.9 Å². The van der Waals surface area contributed by atoms with Crippen LogP contribution in [0.1, 0.15) is 62.3 Å². The molecule has 2 aliphatic heterocycles. The molecular weight excluding hydrogens is 402 g/mol. The van der Waals surface area contributed by atoms with Crippen molar-refractivity contribution < 1.29 is 19.5 Å². The number of aliphatic hydroxyl groups is 1. The number of carbonyl (C=O) groups excluding carboxylic acids is 3. The molecule has 0 radical (unpaired) electrons. The standard InChI is InChI=1S/C22H31N3O4S/c1-12(2)10-16(18(27)23-13(3)11-26)24-19(28)17-22(4,5)30-21-15-9-7-6-8-14(15)20(29)25(17)21/h6-9,12-13,16-17,21,26H,10-11H2,1-5H3,(H,23,27)(H,24,28). The minimum Gasteiger partial charge on any atom is -0.394 e. The predicted molar refractivity (Wildman–Crippen MR) is 117 cm³/mol. The third-order valence-corrected chi connectivity index (χ3v) is 7.08. The molecule has 8 heteroatoms. The number of hydrogen-bond donors (Lipinski definition) is 3. The molecule has 7 nitrogen and oxygen atoms in total. The number of hydrogen-bond acceptors (Lipinski definition) is 5. The Morgan fingerprint density at radius 3 is 2.50 bits per heavy atom. The van der Waals surface area contributed by atoms with E-state index in [1.807, 2.05) is 45.9 Å². The molecule has 0 spiro atoms. The van der Waals surface area contributed by atoms with Gasteiger partial charge in [0.05, 0.1) is 6.61 Å². The van der Waals surface area contributed by atoms with Gasteiger partial charge < -0.3 is 20.6 Å². The zero-order valence-corrected chi connectivity index (χ0v) is 19.0. The molecular formula is C22H31N3O4S. The Hall–Kier alpha value is -2.06. The van der Waals surface area contributed by atoms with Gasteiger partial charge in [0.15, 0.2) is 0 Å². The van der Waals surface area contributed by atoms with Crippen molar-refractivity contribution in [3.63, 3.8) is 0 Å². The molecule has 1 aromatic rings. The zero-order valence-electron chi connectivity index (χ0n) is 18.1. The van der Waals surface area contributed by atoms with Gasteiger partial charge in [0.25, 0.3) is 5.91 Å². The van der Waals surface area contributed by atoms with Crippen LogP contribution in [-0.4, -0.2) is 57.2 Å². The van der Waals surface area contributed by atoms with E-state index in [0.29, 0.717) is 12.0 Å². The van der Waals surface area contributed by atoms with Crippen molar-refractivity contribution in [2.24, 2.45) is 5.92 Å². The molecule has 3 N–H and O–H groups in total. The van der Waals surface area contributed by atoms with Crippen molar-refractivity contribution in [1.82, 2.24) is 15.5 Å². The lowest BCUT2D eigenvalue weighted by Crippen LogP contribution is -2.58. The van der Waals surface area contributed by atoms with Crippen molar-refractivity contribution in [3.05, 3.63) is 35.4 Å². The number of nitrogens with one attached hydrogen (secondary N) is 2. The van der Waals surface area contributed by atoms with E-state index in [0.717, 1.165) is 5.56 Å². The van der Waals surface area contributed by atoms with E-state index in [4.69, 9.17) is 0 Å². The Balaban J connectivity index is 1.83. The predicted octanol–water partition coefficient (Wildman–Crippen LogP) is 2.06. The number of fused-ring (bicyclic) bond motifs is 3.